The number of aliphatic hydroxyl groups is 1. The number of carbonyl (C=O) groups excluding carboxylic acids is 9. The van der Waals surface area contributed by atoms with Crippen LogP contribution in [0.5, 0.6) is 0 Å². The maximum atomic E-state index is 11.6. The number of fused-ring (bicyclic) bond motifs is 1. The predicted octanol–water partition coefficient (Wildman–Crippen LogP) is 29.5. The van der Waals surface area contributed by atoms with Gasteiger partial charge in [-0.1, -0.05) is 349 Å². The van der Waals surface area contributed by atoms with Gasteiger partial charge in [-0.3, -0.25) is 38.2 Å². The third-order valence-corrected chi connectivity index (χ3v) is 16.6. The molecular weight excluding hydrogens is 1760 g/mol. The first-order valence-corrected chi connectivity index (χ1v) is 52.2. The normalized spacial score (nSPS) is 12.3. The fourth-order valence-corrected chi connectivity index (χ4v) is 11.5. The standard InChI is InChI=1S/2C13H18O.C10H8.C9H16O2.C9H10O.C8H16O3S.C8H14O2.C8H16O.C7H10N2O.C6H8N2O2.C4H10O.5C4H10.C4H8/c2*1-13(2,3)10-12(14)9-11-7-5-4-6-8-11;1-2-6-10-8-4-3-7-9(10)5-1;1-8(10)2-3-9-4-6-11-7-5-9;1-8(10)7-9-5-3-2-4-6-9;1-8(2,3)5-7(9)6-12(4,10)11;1-7(9)2-3-8-4-5-10-6-8;1-5-7(9)6-8(2,3)4;1-6(10)3-7-4-8-9(2)5-7;1-4(9)3-6-5(2)7-10-8-6;1-4(2,3)5;6*1-4(2)3/h2*4-8H,9-10H2,1-3H3;1-8H;9H,2-7H2,1H3;2-6H,7H2,1H3;5-6H2,1-4H3;8H,2-6H2,1H3;5-6H2,1-4H3;4-5H,3H2,1-2H3;3H2,1-2H3;5H,1-3H3;5*4H,1-3H3;1H2,2-3H3. The van der Waals surface area contributed by atoms with Gasteiger partial charge in [0.2, 0.25) is 0 Å². The van der Waals surface area contributed by atoms with Crippen LogP contribution in [-0.4, -0.2) is 130 Å². The number of allylic oxidation sites excluding steroid dienone is 1. The smallest absolute Gasteiger partial charge is 0.154 e. The second kappa shape index (κ2) is 84.9. The van der Waals surface area contributed by atoms with Crippen molar-refractivity contribution in [3.63, 3.8) is 0 Å². The van der Waals surface area contributed by atoms with Crippen LogP contribution in [0.4, 0.5) is 0 Å². The SMILES string of the molecule is C=C(C)C.CC(=O)CCC1CCOC1.CC(=O)CCC1CCOCC1.CC(=O)Cc1ccccc1.CC(=O)Cc1cnn(C)c1.CC(=O)Cc1nonc1C.CC(C)(C)CC(=O)CS(C)(=O)=O.CC(C)(C)CC(=O)Cc1ccccc1.CC(C)(C)CC(=O)Cc1ccccc1.CC(C)(C)O.CC(C)C.CC(C)C.CC(C)C.CC(C)C.CC(C)C.CCC(=O)CC(C)(C)C.c1ccc2ccccc2c1. The Balaban J connectivity index is -0.000000222. The molecule has 7 aromatic rings. The van der Waals surface area contributed by atoms with E-state index in [4.69, 9.17) is 14.6 Å². The fourth-order valence-electron chi connectivity index (χ4n) is 10.8. The minimum atomic E-state index is -3.15. The van der Waals surface area contributed by atoms with Crippen molar-refractivity contribution >= 4 is 72.7 Å². The number of hydrogen-bond donors (Lipinski definition) is 1. The summed E-state index contributed by atoms with van der Waals surface area (Å²) in [5, 5.41) is 22.2. The lowest BCUT2D eigenvalue weighted by Crippen LogP contribution is -2.20. The first-order valence-electron chi connectivity index (χ1n) is 50.1. The van der Waals surface area contributed by atoms with E-state index in [-0.39, 0.29) is 50.5 Å². The number of hydrogen-bond acceptors (Lipinski definition) is 18. The van der Waals surface area contributed by atoms with Crippen molar-refractivity contribution in [3.8, 4) is 0 Å². The number of Topliss-reactive ketones (excluding diaryl/α,β-unsaturated/α-hetero) is 9. The summed E-state index contributed by atoms with van der Waals surface area (Å²) in [5.74, 6) is 7.11. The molecule has 0 amide bonds. The topological polar surface area (TPSA) is 283 Å². The largest absolute Gasteiger partial charge is 0.391 e. The molecular formula is C119H202N4O15S. The van der Waals surface area contributed by atoms with Gasteiger partial charge in [-0.2, -0.15) is 5.10 Å². The molecule has 4 heterocycles. The molecule has 5 aromatic carbocycles. The Morgan fingerprint density at radius 3 is 0.928 bits per heavy atom. The van der Waals surface area contributed by atoms with Crippen LogP contribution >= 0.6 is 0 Å². The van der Waals surface area contributed by atoms with Gasteiger partial charge in [-0.25, -0.2) is 13.0 Å². The summed E-state index contributed by atoms with van der Waals surface area (Å²) in [6.45, 7) is 85.0. The molecule has 1 unspecified atom stereocenters. The number of ether oxygens (including phenoxy) is 2. The Bertz CT molecular complexity index is 4190. The molecule has 0 spiro atoms. The van der Waals surface area contributed by atoms with Gasteiger partial charge in [-0.05, 0) is 204 Å². The monoisotopic (exact) mass is 1960 g/mol. The summed E-state index contributed by atoms with van der Waals surface area (Å²) in [6.07, 6.45) is 17.2. The molecule has 2 fully saturated rings. The van der Waals surface area contributed by atoms with Crippen LogP contribution in [0.15, 0.2) is 169 Å². The average molecular weight is 1960 g/mol. The van der Waals surface area contributed by atoms with Crippen molar-refractivity contribution in [2.75, 3.05) is 38.4 Å². The van der Waals surface area contributed by atoms with Gasteiger partial charge in [0.15, 0.2) is 9.84 Å². The zero-order valence-electron chi connectivity index (χ0n) is 95.6. The van der Waals surface area contributed by atoms with Crippen LogP contribution in [0.1, 0.15) is 374 Å². The van der Waals surface area contributed by atoms with E-state index in [0.29, 0.717) is 110 Å². The molecule has 1 atom stereocenters. The number of benzene rings is 5. The lowest BCUT2D eigenvalue weighted by Gasteiger charge is -2.21. The van der Waals surface area contributed by atoms with E-state index < -0.39 is 15.4 Å². The zero-order chi connectivity index (χ0) is 109. The Labute approximate surface area is 849 Å². The van der Waals surface area contributed by atoms with E-state index in [1.165, 1.54) is 23.3 Å². The molecule has 794 valence electrons. The van der Waals surface area contributed by atoms with Gasteiger partial charge in [0.1, 0.15) is 69.2 Å². The lowest BCUT2D eigenvalue weighted by atomic mass is 9.88. The summed E-state index contributed by atoms with van der Waals surface area (Å²) >= 11 is 0. The number of aromatic nitrogens is 4. The second-order valence-electron chi connectivity index (χ2n) is 45.4. The lowest BCUT2D eigenvalue weighted by molar-refractivity contribution is -0.121. The van der Waals surface area contributed by atoms with Crippen molar-refractivity contribution in [1.82, 2.24) is 20.1 Å². The van der Waals surface area contributed by atoms with Gasteiger partial charge in [0.05, 0.1) is 18.2 Å². The van der Waals surface area contributed by atoms with Gasteiger partial charge < -0.3 is 24.2 Å². The predicted molar refractivity (Wildman–Crippen MR) is 590 cm³/mol. The van der Waals surface area contributed by atoms with E-state index in [2.05, 4.69) is 241 Å². The quantitative estimate of drug-likeness (QED) is 0.0582. The fraction of sp³-hybridized carbons (Fsp3) is 0.630. The highest BCUT2D eigenvalue weighted by Crippen LogP contribution is 2.25. The van der Waals surface area contributed by atoms with E-state index in [1.807, 2.05) is 146 Å². The number of carbonyl (C=O) groups is 9. The summed E-state index contributed by atoms with van der Waals surface area (Å²) in [4.78, 5) is 98.1. The minimum Gasteiger partial charge on any atom is -0.391 e. The van der Waals surface area contributed by atoms with Crippen LogP contribution in [0.2, 0.25) is 0 Å². The molecule has 1 N–H and O–H groups in total. The molecule has 0 radical (unpaired) electrons. The maximum absolute atomic E-state index is 11.6. The minimum absolute atomic E-state index is 0.0683. The zero-order valence-corrected chi connectivity index (χ0v) is 96.4. The van der Waals surface area contributed by atoms with Crippen molar-refractivity contribution in [1.29, 1.82) is 0 Å². The Hall–Kier alpha value is -8.69. The van der Waals surface area contributed by atoms with Crippen molar-refractivity contribution < 1.29 is 70.8 Å². The van der Waals surface area contributed by atoms with E-state index in [1.54, 1.807) is 66.3 Å². The Kier molecular flexibility index (Phi) is 89.0. The van der Waals surface area contributed by atoms with Gasteiger partial charge >= 0.3 is 0 Å². The molecule has 2 aliphatic rings. The molecule has 139 heavy (non-hydrogen) atoms. The van der Waals surface area contributed by atoms with Crippen LogP contribution in [0.3, 0.4) is 0 Å². The molecule has 0 bridgehead atoms. The third kappa shape index (κ3) is 136. The highest BCUT2D eigenvalue weighted by atomic mass is 32.2. The summed E-state index contributed by atoms with van der Waals surface area (Å²) in [6, 6.07) is 46.3. The Morgan fingerprint density at radius 1 is 0.410 bits per heavy atom. The summed E-state index contributed by atoms with van der Waals surface area (Å²) in [5.41, 5.74) is 6.54. The molecule has 9 rings (SSSR count). The first kappa shape index (κ1) is 146. The Morgan fingerprint density at radius 2 is 0.683 bits per heavy atom. The molecule has 19 nitrogen and oxygen atoms in total. The summed E-state index contributed by atoms with van der Waals surface area (Å²) < 4.78 is 37.9. The third-order valence-electron chi connectivity index (χ3n) is 15.7. The number of ketones is 9. The van der Waals surface area contributed by atoms with Crippen molar-refractivity contribution in [2.45, 2.75) is 385 Å². The number of rotatable bonds is 23. The maximum Gasteiger partial charge on any atom is 0.154 e. The molecule has 20 heteroatoms. The number of sulfone groups is 1. The second-order valence-corrected chi connectivity index (χ2v) is 47.6. The highest BCUT2D eigenvalue weighted by molar-refractivity contribution is 7.91. The number of aryl methyl sites for hydroxylation is 2. The number of nitrogens with zero attached hydrogens (tertiary/aromatic N) is 4. The van der Waals surface area contributed by atoms with Crippen LogP contribution in [0, 0.1) is 70.0 Å². The van der Waals surface area contributed by atoms with Gasteiger partial charge in [0, 0.05) is 117 Å². The van der Waals surface area contributed by atoms with Crippen molar-refractivity contribution in [3.05, 3.63) is 198 Å². The average Bonchev–Trinajstić information content (AvgIpc) is 1.03. The first-order chi connectivity index (χ1) is 63.6. The van der Waals surface area contributed by atoms with Crippen LogP contribution < -0.4 is 0 Å². The van der Waals surface area contributed by atoms with E-state index in [9.17, 15) is 51.6 Å². The van der Waals surface area contributed by atoms with Crippen LogP contribution in [-0.2, 0) is 102 Å². The van der Waals surface area contributed by atoms with E-state index in [0.717, 1.165) is 135 Å². The van der Waals surface area contributed by atoms with Crippen molar-refractivity contribution in [2.24, 2.45) is 70.1 Å². The summed E-state index contributed by atoms with van der Waals surface area (Å²) in [7, 11) is -1.31. The molecule has 0 saturated carbocycles. The van der Waals surface area contributed by atoms with E-state index >= 15 is 0 Å². The van der Waals surface area contributed by atoms with Gasteiger partial charge in [0.25, 0.3) is 0 Å². The molecule has 2 aromatic heterocycles. The van der Waals surface area contributed by atoms with Crippen LogP contribution in [0.25, 0.3) is 10.8 Å². The highest BCUT2D eigenvalue weighted by Gasteiger charge is 2.21. The van der Waals surface area contributed by atoms with Gasteiger partial charge in [-0.15, -0.1) is 6.58 Å². The molecule has 2 saturated heterocycles. The molecule has 0 aliphatic carbocycles. The molecule has 2 aliphatic heterocycles.